The zero-order chi connectivity index (χ0) is 15.0. The van der Waals surface area contributed by atoms with E-state index in [1.165, 1.54) is 7.11 Å². The molecule has 0 radical (unpaired) electrons. The number of methoxy groups -OCH3 is 1. The summed E-state index contributed by atoms with van der Waals surface area (Å²) < 4.78 is 4.61. The average molecular weight is 276 g/mol. The Balaban J connectivity index is 4.72. The number of nitrogens with two attached hydrogens (primary N) is 2. The van der Waals surface area contributed by atoms with E-state index < -0.39 is 42.9 Å². The first kappa shape index (κ1) is 16.6. The number of ether oxygens (including phenoxy) is 1. The van der Waals surface area contributed by atoms with Gasteiger partial charge in [-0.1, -0.05) is 0 Å². The lowest BCUT2D eigenvalue weighted by Crippen LogP contribution is -2.53. The van der Waals surface area contributed by atoms with Crippen LogP contribution in [0, 0.1) is 0 Å². The second-order valence-corrected chi connectivity index (χ2v) is 3.58. The molecule has 6 N–H and O–H groups in total. The zero-order valence-corrected chi connectivity index (χ0v) is 10.3. The molecular formula is C9H16N4O6. The predicted octanol–water partition coefficient (Wildman–Crippen LogP) is -2.93. The molecule has 0 aromatic carbocycles. The Kier molecular flexibility index (Phi) is 6.89. The number of rotatable bonds is 8. The molecule has 1 unspecified atom stereocenters. The number of hydrogen-bond acceptors (Lipinski definition) is 5. The van der Waals surface area contributed by atoms with Crippen LogP contribution in [0.3, 0.4) is 0 Å². The van der Waals surface area contributed by atoms with Gasteiger partial charge < -0.3 is 31.5 Å². The summed E-state index contributed by atoms with van der Waals surface area (Å²) in [5.74, 6) is -3.06. The van der Waals surface area contributed by atoms with Crippen LogP contribution in [0.25, 0.3) is 0 Å². The molecule has 0 aliphatic rings. The summed E-state index contributed by atoms with van der Waals surface area (Å²) in [5, 5.41) is 10.9. The normalized spacial score (nSPS) is 11.4. The molecule has 0 fully saturated rings. The maximum atomic E-state index is 11.7. The van der Waals surface area contributed by atoms with Crippen LogP contribution in [0.2, 0.25) is 0 Å². The second-order valence-electron chi connectivity index (χ2n) is 3.58. The van der Waals surface area contributed by atoms with E-state index in [1.807, 2.05) is 0 Å². The summed E-state index contributed by atoms with van der Waals surface area (Å²) in [7, 11) is 1.26. The molecule has 1 atom stereocenters. The first-order valence-electron chi connectivity index (χ1n) is 5.11. The van der Waals surface area contributed by atoms with E-state index in [0.29, 0.717) is 4.90 Å². The first-order chi connectivity index (χ1) is 8.77. The summed E-state index contributed by atoms with van der Waals surface area (Å²) in [5.41, 5.74) is 9.80. The third-order valence-electron chi connectivity index (χ3n) is 1.91. The molecule has 10 heteroatoms. The maximum absolute atomic E-state index is 11.7. The molecule has 0 aromatic heterocycles. The molecule has 108 valence electrons. The number of nitrogens with one attached hydrogen (secondary N) is 1. The quantitative estimate of drug-likeness (QED) is 0.370. The van der Waals surface area contributed by atoms with Gasteiger partial charge in [-0.05, 0) is 0 Å². The SMILES string of the molecule is COCC(NC(=O)N(CC(N)=O)CC(N)=O)C(=O)O. The minimum absolute atomic E-state index is 0.276. The highest BCUT2D eigenvalue weighted by atomic mass is 16.5. The second kappa shape index (κ2) is 7.87. The molecule has 10 nitrogen and oxygen atoms in total. The van der Waals surface area contributed by atoms with E-state index in [0.717, 1.165) is 0 Å². The molecule has 19 heavy (non-hydrogen) atoms. The monoisotopic (exact) mass is 276 g/mol. The molecule has 0 aliphatic carbocycles. The first-order valence-corrected chi connectivity index (χ1v) is 5.11. The Hall–Kier alpha value is -2.36. The summed E-state index contributed by atoms with van der Waals surface area (Å²) in [4.78, 5) is 44.7. The van der Waals surface area contributed by atoms with Crippen LogP contribution < -0.4 is 16.8 Å². The molecule has 0 spiro atoms. The lowest BCUT2D eigenvalue weighted by molar-refractivity contribution is -0.140. The molecule has 0 aromatic rings. The van der Waals surface area contributed by atoms with Crippen molar-refractivity contribution in [3.63, 3.8) is 0 Å². The minimum Gasteiger partial charge on any atom is -0.480 e. The predicted molar refractivity (Wildman–Crippen MR) is 61.8 cm³/mol. The van der Waals surface area contributed by atoms with Crippen molar-refractivity contribution in [2.45, 2.75) is 6.04 Å². The van der Waals surface area contributed by atoms with Crippen molar-refractivity contribution in [2.75, 3.05) is 26.8 Å². The fourth-order valence-corrected chi connectivity index (χ4v) is 1.16. The van der Waals surface area contributed by atoms with Crippen LogP contribution in [-0.2, 0) is 19.1 Å². The van der Waals surface area contributed by atoms with E-state index in [9.17, 15) is 19.2 Å². The van der Waals surface area contributed by atoms with Crippen LogP contribution in [-0.4, -0.2) is 66.7 Å². The van der Waals surface area contributed by atoms with Crippen molar-refractivity contribution >= 4 is 23.8 Å². The van der Waals surface area contributed by atoms with Gasteiger partial charge in [0.05, 0.1) is 6.61 Å². The standard InChI is InChI=1S/C9H16N4O6/c1-19-4-5(8(16)17)12-9(18)13(2-6(10)14)3-7(11)15/h5H,2-4H2,1H3,(H2,10,14)(H2,11,15)(H,12,18)(H,16,17). The molecule has 0 heterocycles. The molecule has 0 saturated heterocycles. The number of primary amides is 2. The van der Waals surface area contributed by atoms with Gasteiger partial charge in [-0.3, -0.25) is 9.59 Å². The van der Waals surface area contributed by atoms with Gasteiger partial charge in [0.15, 0.2) is 6.04 Å². The number of hydrogen-bond donors (Lipinski definition) is 4. The third-order valence-corrected chi connectivity index (χ3v) is 1.91. The van der Waals surface area contributed by atoms with Gasteiger partial charge in [-0.2, -0.15) is 0 Å². The van der Waals surface area contributed by atoms with Gasteiger partial charge in [0.2, 0.25) is 11.8 Å². The Bertz CT molecular complexity index is 356. The van der Waals surface area contributed by atoms with Crippen LogP contribution in [0.4, 0.5) is 4.79 Å². The summed E-state index contributed by atoms with van der Waals surface area (Å²) >= 11 is 0. The Morgan fingerprint density at radius 2 is 1.68 bits per heavy atom. The molecule has 4 amide bonds. The maximum Gasteiger partial charge on any atom is 0.328 e. The largest absolute Gasteiger partial charge is 0.480 e. The number of aliphatic carboxylic acids is 1. The number of nitrogens with zero attached hydrogens (tertiary/aromatic N) is 1. The summed E-state index contributed by atoms with van der Waals surface area (Å²) in [6, 6.07) is -2.28. The third kappa shape index (κ3) is 6.83. The molecule has 0 bridgehead atoms. The van der Waals surface area contributed by atoms with Crippen LogP contribution >= 0.6 is 0 Å². The fraction of sp³-hybridized carbons (Fsp3) is 0.556. The van der Waals surface area contributed by atoms with Crippen molar-refractivity contribution in [1.82, 2.24) is 10.2 Å². The van der Waals surface area contributed by atoms with Crippen molar-refractivity contribution in [1.29, 1.82) is 0 Å². The molecule has 0 aliphatic heterocycles. The molecule has 0 saturated carbocycles. The van der Waals surface area contributed by atoms with Gasteiger partial charge >= 0.3 is 12.0 Å². The number of urea groups is 1. The Morgan fingerprint density at radius 3 is 2.00 bits per heavy atom. The van der Waals surface area contributed by atoms with E-state index in [4.69, 9.17) is 16.6 Å². The fourth-order valence-electron chi connectivity index (χ4n) is 1.16. The molecule has 0 rings (SSSR count). The van der Waals surface area contributed by atoms with Crippen LogP contribution in [0.15, 0.2) is 0 Å². The highest BCUT2D eigenvalue weighted by Gasteiger charge is 2.24. The highest BCUT2D eigenvalue weighted by Crippen LogP contribution is 1.93. The van der Waals surface area contributed by atoms with Gasteiger partial charge in [0.1, 0.15) is 13.1 Å². The van der Waals surface area contributed by atoms with Crippen LogP contribution in [0.1, 0.15) is 0 Å². The van der Waals surface area contributed by atoms with Crippen molar-refractivity contribution in [2.24, 2.45) is 11.5 Å². The number of amides is 4. The number of carbonyl (C=O) groups excluding carboxylic acids is 3. The lowest BCUT2D eigenvalue weighted by Gasteiger charge is -2.22. The van der Waals surface area contributed by atoms with E-state index >= 15 is 0 Å². The Labute approximate surface area is 108 Å². The van der Waals surface area contributed by atoms with Gasteiger partial charge in [0.25, 0.3) is 0 Å². The van der Waals surface area contributed by atoms with E-state index in [-0.39, 0.29) is 6.61 Å². The minimum atomic E-state index is -1.33. The smallest absolute Gasteiger partial charge is 0.328 e. The summed E-state index contributed by atoms with van der Waals surface area (Å²) in [6.45, 7) is -1.40. The number of carbonyl (C=O) groups is 4. The van der Waals surface area contributed by atoms with Gasteiger partial charge in [-0.15, -0.1) is 0 Å². The van der Waals surface area contributed by atoms with Crippen LogP contribution in [0.5, 0.6) is 0 Å². The average Bonchev–Trinajstić information content (AvgIpc) is 2.25. The van der Waals surface area contributed by atoms with Crippen molar-refractivity contribution < 1.29 is 29.0 Å². The number of carboxylic acids is 1. The number of carboxylic acid groups (broad SMARTS) is 1. The van der Waals surface area contributed by atoms with Crippen molar-refractivity contribution in [3.8, 4) is 0 Å². The van der Waals surface area contributed by atoms with E-state index in [2.05, 4.69) is 10.1 Å². The highest BCUT2D eigenvalue weighted by molar-refractivity contribution is 5.89. The topological polar surface area (TPSA) is 165 Å². The van der Waals surface area contributed by atoms with E-state index in [1.54, 1.807) is 0 Å². The van der Waals surface area contributed by atoms with Crippen molar-refractivity contribution in [3.05, 3.63) is 0 Å². The lowest BCUT2D eigenvalue weighted by atomic mass is 10.3. The zero-order valence-electron chi connectivity index (χ0n) is 10.3. The van der Waals surface area contributed by atoms with Gasteiger partial charge in [-0.25, -0.2) is 9.59 Å². The summed E-state index contributed by atoms with van der Waals surface area (Å²) in [6.07, 6.45) is 0. The Morgan fingerprint density at radius 1 is 1.21 bits per heavy atom. The van der Waals surface area contributed by atoms with Gasteiger partial charge in [0, 0.05) is 7.11 Å². The molecular weight excluding hydrogens is 260 g/mol.